The van der Waals surface area contributed by atoms with Crippen molar-refractivity contribution in [1.82, 2.24) is 0 Å². The van der Waals surface area contributed by atoms with E-state index in [9.17, 15) is 9.90 Å². The molecule has 0 aliphatic rings. The molecule has 0 fully saturated rings. The SMILES string of the molecule is Cc1cccc(NC(=O)Nc2cc(Cl)ccc2O)c1. The van der Waals surface area contributed by atoms with Crippen molar-refractivity contribution in [2.75, 3.05) is 10.6 Å². The molecule has 0 aromatic heterocycles. The van der Waals surface area contributed by atoms with Crippen LogP contribution in [0, 0.1) is 6.92 Å². The van der Waals surface area contributed by atoms with E-state index in [1.807, 2.05) is 25.1 Å². The van der Waals surface area contributed by atoms with Crippen molar-refractivity contribution in [2.45, 2.75) is 6.92 Å². The molecule has 0 saturated heterocycles. The smallest absolute Gasteiger partial charge is 0.323 e. The number of phenolic OH excluding ortho intramolecular Hbond substituents is 1. The Kier molecular flexibility index (Phi) is 3.92. The van der Waals surface area contributed by atoms with Gasteiger partial charge in [-0.3, -0.25) is 0 Å². The number of carbonyl (C=O) groups excluding carboxylic acids is 1. The van der Waals surface area contributed by atoms with Crippen molar-refractivity contribution in [3.8, 4) is 5.75 Å². The van der Waals surface area contributed by atoms with Crippen molar-refractivity contribution in [1.29, 1.82) is 0 Å². The van der Waals surface area contributed by atoms with Crippen LogP contribution in [0.25, 0.3) is 0 Å². The highest BCUT2D eigenvalue weighted by Gasteiger charge is 2.07. The Morgan fingerprint density at radius 3 is 2.68 bits per heavy atom. The molecule has 0 aliphatic carbocycles. The molecule has 4 nitrogen and oxygen atoms in total. The topological polar surface area (TPSA) is 61.4 Å². The number of carbonyl (C=O) groups is 1. The Morgan fingerprint density at radius 1 is 1.16 bits per heavy atom. The molecule has 0 radical (unpaired) electrons. The molecule has 2 aromatic carbocycles. The molecule has 3 N–H and O–H groups in total. The van der Waals surface area contributed by atoms with Crippen molar-refractivity contribution in [3.63, 3.8) is 0 Å². The molecule has 19 heavy (non-hydrogen) atoms. The van der Waals surface area contributed by atoms with Crippen LogP contribution in [-0.2, 0) is 0 Å². The minimum absolute atomic E-state index is 0.0382. The number of rotatable bonds is 2. The number of halogens is 1. The van der Waals surface area contributed by atoms with Gasteiger partial charge < -0.3 is 15.7 Å². The van der Waals surface area contributed by atoms with Crippen molar-refractivity contribution < 1.29 is 9.90 Å². The Hall–Kier alpha value is -2.20. The van der Waals surface area contributed by atoms with Crippen LogP contribution in [-0.4, -0.2) is 11.1 Å². The zero-order chi connectivity index (χ0) is 13.8. The Morgan fingerprint density at radius 2 is 1.95 bits per heavy atom. The maximum absolute atomic E-state index is 11.8. The maximum Gasteiger partial charge on any atom is 0.323 e. The van der Waals surface area contributed by atoms with Gasteiger partial charge in [0.25, 0.3) is 0 Å². The van der Waals surface area contributed by atoms with Crippen LogP contribution in [0.2, 0.25) is 5.02 Å². The number of anilines is 2. The molecule has 0 saturated carbocycles. The number of urea groups is 1. The number of nitrogens with one attached hydrogen (secondary N) is 2. The lowest BCUT2D eigenvalue weighted by molar-refractivity contribution is 0.262. The summed E-state index contributed by atoms with van der Waals surface area (Å²) in [5, 5.41) is 15.2. The molecule has 0 aliphatic heterocycles. The minimum atomic E-state index is -0.442. The molecule has 0 heterocycles. The van der Waals surface area contributed by atoms with Gasteiger partial charge in [-0.05, 0) is 42.8 Å². The summed E-state index contributed by atoms with van der Waals surface area (Å²) in [5.41, 5.74) is 1.99. The Labute approximate surface area is 116 Å². The molecule has 0 unspecified atom stereocenters. The summed E-state index contributed by atoms with van der Waals surface area (Å²) in [6.45, 7) is 1.94. The predicted molar refractivity (Wildman–Crippen MR) is 76.9 cm³/mol. The highest BCUT2D eigenvalue weighted by Crippen LogP contribution is 2.26. The molecule has 98 valence electrons. The first-order valence-corrected chi connectivity index (χ1v) is 6.05. The first-order chi connectivity index (χ1) is 9.04. The normalized spacial score (nSPS) is 10.0. The van der Waals surface area contributed by atoms with Crippen LogP contribution in [0.3, 0.4) is 0 Å². The van der Waals surface area contributed by atoms with Crippen molar-refractivity contribution >= 4 is 29.0 Å². The third-order valence-electron chi connectivity index (χ3n) is 2.48. The zero-order valence-corrected chi connectivity index (χ0v) is 11.0. The molecule has 0 atom stereocenters. The number of benzene rings is 2. The van der Waals surface area contributed by atoms with Gasteiger partial charge in [0.15, 0.2) is 0 Å². The average molecular weight is 277 g/mol. The monoisotopic (exact) mass is 276 g/mol. The Balaban J connectivity index is 2.07. The van der Waals surface area contributed by atoms with E-state index in [2.05, 4.69) is 10.6 Å². The molecule has 0 bridgehead atoms. The van der Waals surface area contributed by atoms with E-state index >= 15 is 0 Å². The van der Waals surface area contributed by atoms with Gasteiger partial charge in [-0.15, -0.1) is 0 Å². The van der Waals surface area contributed by atoms with Crippen LogP contribution in [0.15, 0.2) is 42.5 Å². The second-order valence-electron chi connectivity index (χ2n) is 4.11. The quantitative estimate of drug-likeness (QED) is 0.726. The highest BCUT2D eigenvalue weighted by molar-refractivity contribution is 6.31. The number of aromatic hydroxyl groups is 1. The summed E-state index contributed by atoms with van der Waals surface area (Å²) in [6.07, 6.45) is 0. The molecule has 2 amide bonds. The number of hydrogen-bond acceptors (Lipinski definition) is 2. The molecule has 5 heteroatoms. The van der Waals surface area contributed by atoms with Crippen LogP contribution < -0.4 is 10.6 Å². The molecule has 2 aromatic rings. The lowest BCUT2D eigenvalue weighted by atomic mass is 10.2. The fourth-order valence-electron chi connectivity index (χ4n) is 1.62. The van der Waals surface area contributed by atoms with Gasteiger partial charge in [0.05, 0.1) is 5.69 Å². The number of amides is 2. The van der Waals surface area contributed by atoms with Gasteiger partial charge in [-0.1, -0.05) is 23.7 Å². The molecular formula is C14H13ClN2O2. The lowest BCUT2D eigenvalue weighted by Crippen LogP contribution is -2.19. The molecular weight excluding hydrogens is 264 g/mol. The van der Waals surface area contributed by atoms with E-state index < -0.39 is 6.03 Å². The summed E-state index contributed by atoms with van der Waals surface area (Å²) in [6, 6.07) is 11.4. The first-order valence-electron chi connectivity index (χ1n) is 5.68. The van der Waals surface area contributed by atoms with Crippen molar-refractivity contribution in [2.24, 2.45) is 0 Å². The van der Waals surface area contributed by atoms with Crippen LogP contribution in [0.4, 0.5) is 16.2 Å². The predicted octanol–water partition coefficient (Wildman–Crippen LogP) is 4.00. The third kappa shape index (κ3) is 3.63. The van der Waals surface area contributed by atoms with Crippen molar-refractivity contribution in [3.05, 3.63) is 53.1 Å². The highest BCUT2D eigenvalue weighted by atomic mass is 35.5. The van der Waals surface area contributed by atoms with E-state index in [-0.39, 0.29) is 11.4 Å². The second-order valence-corrected chi connectivity index (χ2v) is 4.55. The van der Waals surface area contributed by atoms with Gasteiger partial charge in [0.2, 0.25) is 0 Å². The van der Waals surface area contributed by atoms with E-state index in [1.165, 1.54) is 12.1 Å². The second kappa shape index (κ2) is 5.63. The molecule has 0 spiro atoms. The fraction of sp³-hybridized carbons (Fsp3) is 0.0714. The van der Waals surface area contributed by atoms with Gasteiger partial charge in [0, 0.05) is 10.7 Å². The van der Waals surface area contributed by atoms with Crippen LogP contribution in [0.5, 0.6) is 5.75 Å². The van der Waals surface area contributed by atoms with Crippen LogP contribution in [0.1, 0.15) is 5.56 Å². The Bertz CT molecular complexity index is 614. The number of phenols is 1. The van der Waals surface area contributed by atoms with Gasteiger partial charge in [-0.25, -0.2) is 4.79 Å². The summed E-state index contributed by atoms with van der Waals surface area (Å²) in [5.74, 6) is -0.0382. The van der Waals surface area contributed by atoms with Crippen LogP contribution >= 0.6 is 11.6 Å². The largest absolute Gasteiger partial charge is 0.506 e. The molecule has 2 rings (SSSR count). The van der Waals surface area contributed by atoms with E-state index in [0.717, 1.165) is 5.56 Å². The standard InChI is InChI=1S/C14H13ClN2O2/c1-9-3-2-4-11(7-9)16-14(19)17-12-8-10(15)5-6-13(12)18/h2-8,18H,1H3,(H2,16,17,19). The summed E-state index contributed by atoms with van der Waals surface area (Å²) >= 11 is 5.80. The van der Waals surface area contributed by atoms with E-state index in [0.29, 0.717) is 10.7 Å². The number of aryl methyl sites for hydroxylation is 1. The van der Waals surface area contributed by atoms with Gasteiger partial charge >= 0.3 is 6.03 Å². The van der Waals surface area contributed by atoms with E-state index in [1.54, 1.807) is 12.1 Å². The summed E-state index contributed by atoms with van der Waals surface area (Å²) in [4.78, 5) is 11.8. The maximum atomic E-state index is 11.8. The summed E-state index contributed by atoms with van der Waals surface area (Å²) < 4.78 is 0. The first kappa shape index (κ1) is 13.2. The van der Waals surface area contributed by atoms with E-state index in [4.69, 9.17) is 11.6 Å². The summed E-state index contributed by atoms with van der Waals surface area (Å²) in [7, 11) is 0. The van der Waals surface area contributed by atoms with Gasteiger partial charge in [-0.2, -0.15) is 0 Å². The third-order valence-corrected chi connectivity index (χ3v) is 2.72. The lowest BCUT2D eigenvalue weighted by Gasteiger charge is -2.09. The average Bonchev–Trinajstić information content (AvgIpc) is 2.34. The van der Waals surface area contributed by atoms with Gasteiger partial charge in [0.1, 0.15) is 5.75 Å². The fourth-order valence-corrected chi connectivity index (χ4v) is 1.79. The zero-order valence-electron chi connectivity index (χ0n) is 10.3. The minimum Gasteiger partial charge on any atom is -0.506 e. The number of hydrogen-bond donors (Lipinski definition) is 3.